The molecule has 110 valence electrons. The van der Waals surface area contributed by atoms with Gasteiger partial charge in [-0.05, 0) is 48.2 Å². The Morgan fingerprint density at radius 3 is 2.14 bits per heavy atom. The van der Waals surface area contributed by atoms with Gasteiger partial charge in [0.05, 0.1) is 0 Å². The van der Waals surface area contributed by atoms with Crippen LogP contribution < -0.4 is 10.5 Å². The second kappa shape index (κ2) is 6.64. The molecule has 2 aromatic carbocycles. The lowest BCUT2D eigenvalue weighted by atomic mass is 10.0. The van der Waals surface area contributed by atoms with Gasteiger partial charge < -0.3 is 10.5 Å². The fourth-order valence-electron chi connectivity index (χ4n) is 2.79. The highest BCUT2D eigenvalue weighted by atomic mass is 16.5. The van der Waals surface area contributed by atoms with E-state index in [9.17, 15) is 0 Å². The molecule has 2 N–H and O–H groups in total. The van der Waals surface area contributed by atoms with Crippen LogP contribution in [0, 0.1) is 0 Å². The Morgan fingerprint density at radius 2 is 1.52 bits per heavy atom. The van der Waals surface area contributed by atoms with Gasteiger partial charge in [0.15, 0.2) is 0 Å². The number of fused-ring (bicyclic) bond motifs is 1. The minimum absolute atomic E-state index is 0.722. The van der Waals surface area contributed by atoms with Gasteiger partial charge in [0.1, 0.15) is 12.4 Å². The maximum absolute atomic E-state index is 5.78. The molecule has 0 aliphatic carbocycles. The minimum Gasteiger partial charge on any atom is -0.492 e. The van der Waals surface area contributed by atoms with Gasteiger partial charge in [0.2, 0.25) is 0 Å². The van der Waals surface area contributed by atoms with E-state index in [0.717, 1.165) is 50.5 Å². The van der Waals surface area contributed by atoms with E-state index in [1.807, 2.05) is 24.3 Å². The van der Waals surface area contributed by atoms with Gasteiger partial charge in [0.25, 0.3) is 0 Å². The summed E-state index contributed by atoms with van der Waals surface area (Å²) in [7, 11) is 0. The molecule has 0 fully saturated rings. The number of hydrogen-bond donors (Lipinski definition) is 1. The van der Waals surface area contributed by atoms with Gasteiger partial charge >= 0.3 is 0 Å². The largest absolute Gasteiger partial charge is 0.492 e. The number of hydrogen-bond acceptors (Lipinski definition) is 3. The molecule has 1 aliphatic rings. The Morgan fingerprint density at radius 1 is 0.905 bits per heavy atom. The van der Waals surface area contributed by atoms with Crippen molar-refractivity contribution in [3.8, 4) is 5.75 Å². The molecule has 0 saturated carbocycles. The Balaban J connectivity index is 1.48. The molecular formula is C18H22N2O. The van der Waals surface area contributed by atoms with E-state index in [4.69, 9.17) is 10.5 Å². The molecule has 2 aromatic rings. The summed E-state index contributed by atoms with van der Waals surface area (Å²) in [6, 6.07) is 16.4. The summed E-state index contributed by atoms with van der Waals surface area (Å²) in [5.74, 6) is 0.891. The first-order valence-corrected chi connectivity index (χ1v) is 7.59. The third-order valence-corrected chi connectivity index (χ3v) is 4.07. The van der Waals surface area contributed by atoms with Gasteiger partial charge in [0, 0.05) is 25.3 Å². The molecule has 0 bridgehead atoms. The standard InChI is InChI=1S/C18H22N2O/c19-17-5-7-18(8-6-17)21-14-13-20-11-9-15-3-1-2-4-16(15)10-12-20/h1-8H,9-14,19H2. The van der Waals surface area contributed by atoms with Crippen LogP contribution in [0.25, 0.3) is 0 Å². The monoisotopic (exact) mass is 282 g/mol. The molecule has 0 aromatic heterocycles. The maximum atomic E-state index is 5.78. The van der Waals surface area contributed by atoms with E-state index in [0.29, 0.717) is 0 Å². The van der Waals surface area contributed by atoms with Crippen LogP contribution in [-0.4, -0.2) is 31.1 Å². The highest BCUT2D eigenvalue weighted by Gasteiger charge is 2.13. The third kappa shape index (κ3) is 3.76. The van der Waals surface area contributed by atoms with Crippen molar-refractivity contribution in [2.45, 2.75) is 12.8 Å². The first-order valence-electron chi connectivity index (χ1n) is 7.59. The highest BCUT2D eigenvalue weighted by molar-refractivity contribution is 5.41. The van der Waals surface area contributed by atoms with Crippen LogP contribution in [0.15, 0.2) is 48.5 Å². The van der Waals surface area contributed by atoms with Crippen molar-refractivity contribution in [1.82, 2.24) is 4.90 Å². The smallest absolute Gasteiger partial charge is 0.119 e. The minimum atomic E-state index is 0.722. The highest BCUT2D eigenvalue weighted by Crippen LogP contribution is 2.16. The average molecular weight is 282 g/mol. The number of anilines is 1. The second-order valence-electron chi connectivity index (χ2n) is 5.53. The lowest BCUT2D eigenvalue weighted by Gasteiger charge is -2.19. The fraction of sp³-hybridized carbons (Fsp3) is 0.333. The van der Waals surface area contributed by atoms with Crippen molar-refractivity contribution < 1.29 is 4.74 Å². The van der Waals surface area contributed by atoms with Gasteiger partial charge in [-0.2, -0.15) is 0 Å². The number of nitrogens with two attached hydrogens (primary N) is 1. The van der Waals surface area contributed by atoms with E-state index in [-0.39, 0.29) is 0 Å². The lowest BCUT2D eigenvalue weighted by molar-refractivity contribution is 0.215. The average Bonchev–Trinajstić information content (AvgIpc) is 2.72. The van der Waals surface area contributed by atoms with Crippen LogP contribution in [0.2, 0.25) is 0 Å². The summed E-state index contributed by atoms with van der Waals surface area (Å²) in [6.07, 6.45) is 2.27. The summed E-state index contributed by atoms with van der Waals surface area (Å²) >= 11 is 0. The van der Waals surface area contributed by atoms with Gasteiger partial charge in [-0.1, -0.05) is 24.3 Å². The fourth-order valence-corrected chi connectivity index (χ4v) is 2.79. The van der Waals surface area contributed by atoms with Crippen molar-refractivity contribution in [3.05, 3.63) is 59.7 Å². The second-order valence-corrected chi connectivity index (χ2v) is 5.53. The number of nitrogen functional groups attached to an aromatic ring is 1. The molecule has 0 radical (unpaired) electrons. The van der Waals surface area contributed by atoms with Crippen molar-refractivity contribution >= 4 is 5.69 Å². The zero-order valence-corrected chi connectivity index (χ0v) is 12.3. The quantitative estimate of drug-likeness (QED) is 0.876. The van der Waals surface area contributed by atoms with Crippen LogP contribution in [-0.2, 0) is 12.8 Å². The van der Waals surface area contributed by atoms with E-state index in [1.54, 1.807) is 0 Å². The summed E-state index contributed by atoms with van der Waals surface area (Å²) in [5.41, 5.74) is 9.44. The Kier molecular flexibility index (Phi) is 4.41. The predicted octanol–water partition coefficient (Wildman–Crippen LogP) is 2.75. The van der Waals surface area contributed by atoms with Gasteiger partial charge in [-0.15, -0.1) is 0 Å². The molecule has 3 heteroatoms. The number of benzene rings is 2. The summed E-state index contributed by atoms with van der Waals surface area (Å²) in [5, 5.41) is 0. The van der Waals surface area contributed by atoms with Crippen LogP contribution >= 0.6 is 0 Å². The molecule has 0 atom stereocenters. The topological polar surface area (TPSA) is 38.5 Å². The summed E-state index contributed by atoms with van der Waals surface area (Å²) in [4.78, 5) is 2.48. The van der Waals surface area contributed by atoms with Gasteiger partial charge in [-0.3, -0.25) is 4.90 Å². The molecule has 0 unspecified atom stereocenters. The Bertz CT molecular complexity index is 553. The molecule has 0 saturated heterocycles. The normalized spacial score (nSPS) is 15.2. The molecule has 0 amide bonds. The van der Waals surface area contributed by atoms with E-state index in [1.165, 1.54) is 11.1 Å². The third-order valence-electron chi connectivity index (χ3n) is 4.07. The van der Waals surface area contributed by atoms with E-state index < -0.39 is 0 Å². The van der Waals surface area contributed by atoms with Crippen LogP contribution in [0.3, 0.4) is 0 Å². The number of nitrogens with zero attached hydrogens (tertiary/aromatic N) is 1. The first kappa shape index (κ1) is 14.0. The molecule has 3 rings (SSSR count). The van der Waals surface area contributed by atoms with E-state index in [2.05, 4.69) is 29.2 Å². The maximum Gasteiger partial charge on any atom is 0.119 e. The Hall–Kier alpha value is -2.00. The van der Waals surface area contributed by atoms with Crippen LogP contribution in [0.4, 0.5) is 5.69 Å². The molecule has 1 aliphatic heterocycles. The summed E-state index contributed by atoms with van der Waals surface area (Å²) in [6.45, 7) is 3.92. The first-order chi connectivity index (χ1) is 10.3. The summed E-state index contributed by atoms with van der Waals surface area (Å²) < 4.78 is 5.78. The van der Waals surface area contributed by atoms with E-state index >= 15 is 0 Å². The molecule has 1 heterocycles. The molecule has 3 nitrogen and oxygen atoms in total. The van der Waals surface area contributed by atoms with Crippen molar-refractivity contribution in [3.63, 3.8) is 0 Å². The van der Waals surface area contributed by atoms with Crippen molar-refractivity contribution in [2.75, 3.05) is 32.0 Å². The lowest BCUT2D eigenvalue weighted by Crippen LogP contribution is -2.30. The van der Waals surface area contributed by atoms with Gasteiger partial charge in [-0.25, -0.2) is 0 Å². The van der Waals surface area contributed by atoms with Crippen LogP contribution in [0.5, 0.6) is 5.75 Å². The SMILES string of the molecule is Nc1ccc(OCCN2CCc3ccccc3CC2)cc1. The Labute approximate surface area is 126 Å². The molecular weight excluding hydrogens is 260 g/mol. The number of rotatable bonds is 4. The van der Waals surface area contributed by atoms with Crippen molar-refractivity contribution in [1.29, 1.82) is 0 Å². The van der Waals surface area contributed by atoms with Crippen LogP contribution in [0.1, 0.15) is 11.1 Å². The molecule has 21 heavy (non-hydrogen) atoms. The molecule has 0 spiro atoms. The predicted molar refractivity (Wildman–Crippen MR) is 86.6 cm³/mol. The van der Waals surface area contributed by atoms with Crippen molar-refractivity contribution in [2.24, 2.45) is 0 Å². The zero-order valence-electron chi connectivity index (χ0n) is 12.3. The number of ether oxygens (including phenoxy) is 1. The zero-order chi connectivity index (χ0) is 14.5.